The molecule has 2 saturated heterocycles. The van der Waals surface area contributed by atoms with Crippen molar-refractivity contribution in [3.8, 4) is 0 Å². The average molecular weight is 394 g/mol. The van der Waals surface area contributed by atoms with Crippen LogP contribution in [0.3, 0.4) is 0 Å². The van der Waals surface area contributed by atoms with Crippen LogP contribution in [0, 0.1) is 5.82 Å². The van der Waals surface area contributed by atoms with Gasteiger partial charge in [-0.25, -0.2) is 12.8 Å². The predicted molar refractivity (Wildman–Crippen MR) is 92.9 cm³/mol. The number of morpholine rings is 1. The fourth-order valence-electron chi connectivity index (χ4n) is 2.84. The largest absolute Gasteiger partial charge is 0.379 e. The number of benzene rings is 1. The number of carbonyl (C=O) groups excluding carboxylic acids is 1. The molecule has 1 atom stereocenters. The Balaban J connectivity index is 0.00000225. The predicted octanol–water partition coefficient (Wildman–Crippen LogP) is 0.959. The number of carbonyl (C=O) groups is 1. The van der Waals surface area contributed by atoms with Crippen LogP contribution in [0.5, 0.6) is 0 Å². The minimum atomic E-state index is -3.96. The Morgan fingerprint density at radius 3 is 2.68 bits per heavy atom. The standard InChI is InChI=1S/C15H20FN3O4S.ClH/c16-12-4-3-11(18-15(20)13-2-1-5-17-13)10-14(12)24(21,22)19-6-8-23-9-7-19;/h3-4,10,13,17H,1-2,5-9H2,(H,18,20);1H. The van der Waals surface area contributed by atoms with Crippen LogP contribution in [0.25, 0.3) is 0 Å². The summed E-state index contributed by atoms with van der Waals surface area (Å²) >= 11 is 0. The van der Waals surface area contributed by atoms with E-state index in [1.165, 1.54) is 16.4 Å². The summed E-state index contributed by atoms with van der Waals surface area (Å²) in [6.07, 6.45) is 1.64. The van der Waals surface area contributed by atoms with Gasteiger partial charge in [0.15, 0.2) is 0 Å². The number of nitrogens with one attached hydrogen (secondary N) is 2. The molecule has 0 aromatic heterocycles. The molecule has 0 saturated carbocycles. The highest BCUT2D eigenvalue weighted by molar-refractivity contribution is 7.89. The smallest absolute Gasteiger partial charge is 0.246 e. The van der Waals surface area contributed by atoms with Gasteiger partial charge in [-0.15, -0.1) is 12.4 Å². The number of ether oxygens (including phenoxy) is 1. The lowest BCUT2D eigenvalue weighted by Crippen LogP contribution is -2.41. The zero-order valence-electron chi connectivity index (χ0n) is 13.5. The van der Waals surface area contributed by atoms with Crippen molar-refractivity contribution >= 4 is 34.0 Å². The van der Waals surface area contributed by atoms with Gasteiger partial charge in [-0.3, -0.25) is 4.79 Å². The first-order chi connectivity index (χ1) is 11.5. The summed E-state index contributed by atoms with van der Waals surface area (Å²) < 4.78 is 45.6. The van der Waals surface area contributed by atoms with E-state index in [1.807, 2.05) is 0 Å². The third-order valence-corrected chi connectivity index (χ3v) is 6.08. The van der Waals surface area contributed by atoms with E-state index < -0.39 is 20.7 Å². The molecule has 0 aliphatic carbocycles. The van der Waals surface area contributed by atoms with E-state index in [2.05, 4.69) is 10.6 Å². The molecule has 0 bridgehead atoms. The highest BCUT2D eigenvalue weighted by atomic mass is 35.5. The maximum absolute atomic E-state index is 14.1. The van der Waals surface area contributed by atoms with Gasteiger partial charge in [0, 0.05) is 18.8 Å². The van der Waals surface area contributed by atoms with Crippen LogP contribution in [0.15, 0.2) is 23.1 Å². The van der Waals surface area contributed by atoms with Gasteiger partial charge >= 0.3 is 0 Å². The second-order valence-corrected chi connectivity index (χ2v) is 7.71. The second kappa shape index (κ2) is 8.41. The molecule has 140 valence electrons. The Morgan fingerprint density at radius 1 is 1.32 bits per heavy atom. The summed E-state index contributed by atoms with van der Waals surface area (Å²) in [4.78, 5) is 11.7. The monoisotopic (exact) mass is 393 g/mol. The van der Waals surface area contributed by atoms with Crippen LogP contribution in [0.2, 0.25) is 0 Å². The van der Waals surface area contributed by atoms with Gasteiger partial charge in [-0.05, 0) is 37.6 Å². The number of halogens is 2. The highest BCUT2D eigenvalue weighted by Crippen LogP contribution is 2.24. The minimum absolute atomic E-state index is 0. The Hall–Kier alpha value is -1.26. The van der Waals surface area contributed by atoms with Crippen molar-refractivity contribution in [1.29, 1.82) is 0 Å². The lowest BCUT2D eigenvalue weighted by molar-refractivity contribution is -0.117. The summed E-state index contributed by atoms with van der Waals surface area (Å²) in [6, 6.07) is 3.30. The van der Waals surface area contributed by atoms with Crippen LogP contribution >= 0.6 is 12.4 Å². The van der Waals surface area contributed by atoms with E-state index in [0.29, 0.717) is 0 Å². The van der Waals surface area contributed by atoms with Crippen molar-refractivity contribution in [3.63, 3.8) is 0 Å². The molecule has 1 aromatic rings. The fraction of sp³-hybridized carbons (Fsp3) is 0.533. The Bertz CT molecular complexity index is 719. The quantitative estimate of drug-likeness (QED) is 0.795. The Morgan fingerprint density at radius 2 is 2.04 bits per heavy atom. The third kappa shape index (κ3) is 4.48. The van der Waals surface area contributed by atoms with Gasteiger partial charge in [0.2, 0.25) is 15.9 Å². The van der Waals surface area contributed by atoms with E-state index in [1.54, 1.807) is 0 Å². The molecule has 1 amide bonds. The minimum Gasteiger partial charge on any atom is -0.379 e. The van der Waals surface area contributed by atoms with Crippen LogP contribution in [0.1, 0.15) is 12.8 Å². The molecule has 2 heterocycles. The topological polar surface area (TPSA) is 87.7 Å². The van der Waals surface area contributed by atoms with Crippen molar-refractivity contribution in [2.45, 2.75) is 23.8 Å². The summed E-state index contributed by atoms with van der Waals surface area (Å²) in [5.41, 5.74) is 0.266. The summed E-state index contributed by atoms with van der Waals surface area (Å²) in [7, 11) is -3.96. The molecular formula is C15H21ClFN3O4S. The molecule has 2 aliphatic rings. The number of rotatable bonds is 4. The van der Waals surface area contributed by atoms with E-state index >= 15 is 0 Å². The SMILES string of the molecule is Cl.O=C(Nc1ccc(F)c(S(=O)(=O)N2CCOCC2)c1)C1CCCN1. The van der Waals surface area contributed by atoms with Crippen molar-refractivity contribution in [3.05, 3.63) is 24.0 Å². The third-order valence-electron chi connectivity index (χ3n) is 4.16. The zero-order valence-corrected chi connectivity index (χ0v) is 15.2. The maximum atomic E-state index is 14.1. The van der Waals surface area contributed by atoms with Crippen LogP contribution < -0.4 is 10.6 Å². The Kier molecular flexibility index (Phi) is 6.75. The first kappa shape index (κ1) is 20.1. The first-order valence-corrected chi connectivity index (χ1v) is 9.34. The van der Waals surface area contributed by atoms with Crippen molar-refractivity contribution in [2.24, 2.45) is 0 Å². The first-order valence-electron chi connectivity index (χ1n) is 7.90. The second-order valence-electron chi connectivity index (χ2n) is 5.80. The van der Waals surface area contributed by atoms with E-state index in [9.17, 15) is 17.6 Å². The number of nitrogens with zero attached hydrogens (tertiary/aromatic N) is 1. The van der Waals surface area contributed by atoms with Crippen LogP contribution in [0.4, 0.5) is 10.1 Å². The number of anilines is 1. The summed E-state index contributed by atoms with van der Waals surface area (Å²) in [6.45, 7) is 1.71. The van der Waals surface area contributed by atoms with E-state index in [0.717, 1.165) is 25.5 Å². The Labute approximate surface area is 152 Å². The van der Waals surface area contributed by atoms with Crippen LogP contribution in [-0.4, -0.2) is 57.5 Å². The molecule has 25 heavy (non-hydrogen) atoms. The fourth-order valence-corrected chi connectivity index (χ4v) is 4.34. The molecule has 3 rings (SSSR count). The highest BCUT2D eigenvalue weighted by Gasteiger charge is 2.30. The molecule has 7 nitrogen and oxygen atoms in total. The van der Waals surface area contributed by atoms with E-state index in [-0.39, 0.29) is 56.3 Å². The molecule has 2 N–H and O–H groups in total. The molecular weight excluding hydrogens is 373 g/mol. The molecule has 1 unspecified atom stereocenters. The van der Waals surface area contributed by atoms with Crippen molar-refractivity contribution < 1.29 is 22.3 Å². The van der Waals surface area contributed by atoms with Gasteiger partial charge < -0.3 is 15.4 Å². The molecule has 1 aromatic carbocycles. The maximum Gasteiger partial charge on any atom is 0.246 e. The number of hydrogen-bond donors (Lipinski definition) is 2. The number of amides is 1. The molecule has 0 spiro atoms. The lowest BCUT2D eigenvalue weighted by atomic mass is 10.2. The zero-order chi connectivity index (χ0) is 17.2. The van der Waals surface area contributed by atoms with E-state index in [4.69, 9.17) is 4.74 Å². The summed E-state index contributed by atoms with van der Waals surface area (Å²) in [5.74, 6) is -1.08. The summed E-state index contributed by atoms with van der Waals surface area (Å²) in [5, 5.41) is 5.71. The number of sulfonamides is 1. The van der Waals surface area contributed by atoms with Crippen molar-refractivity contribution in [2.75, 3.05) is 38.2 Å². The van der Waals surface area contributed by atoms with Gasteiger partial charge in [-0.1, -0.05) is 0 Å². The molecule has 2 aliphatic heterocycles. The molecule has 2 fully saturated rings. The molecule has 10 heteroatoms. The van der Waals surface area contributed by atoms with Crippen LogP contribution in [-0.2, 0) is 19.6 Å². The van der Waals surface area contributed by atoms with Crippen molar-refractivity contribution in [1.82, 2.24) is 9.62 Å². The lowest BCUT2D eigenvalue weighted by Gasteiger charge is -2.26. The number of hydrogen-bond acceptors (Lipinski definition) is 5. The van der Waals surface area contributed by atoms with Gasteiger partial charge in [-0.2, -0.15) is 4.31 Å². The van der Waals surface area contributed by atoms with Gasteiger partial charge in [0.05, 0.1) is 19.3 Å². The van der Waals surface area contributed by atoms with Gasteiger partial charge in [0.25, 0.3) is 0 Å². The average Bonchev–Trinajstić information content (AvgIpc) is 3.12. The molecule has 0 radical (unpaired) electrons. The normalized spacial score (nSPS) is 21.6. The van der Waals surface area contributed by atoms with Gasteiger partial charge in [0.1, 0.15) is 10.7 Å².